The van der Waals surface area contributed by atoms with Crippen molar-refractivity contribution in [2.24, 2.45) is 17.8 Å². The molecular formula is C18H25ClN2O. The van der Waals surface area contributed by atoms with Crippen molar-refractivity contribution in [2.75, 3.05) is 11.9 Å². The number of halogens is 1. The lowest BCUT2D eigenvalue weighted by molar-refractivity contribution is -0.117. The summed E-state index contributed by atoms with van der Waals surface area (Å²) in [6.45, 7) is 1.98. The zero-order chi connectivity index (χ0) is 14.2. The molecule has 0 radical (unpaired) electrons. The number of carbonyl (C=O) groups excluding carboxylic acids is 1. The van der Waals surface area contributed by atoms with Crippen molar-refractivity contribution in [1.29, 1.82) is 0 Å². The van der Waals surface area contributed by atoms with Crippen molar-refractivity contribution in [3.63, 3.8) is 0 Å². The number of amides is 1. The monoisotopic (exact) mass is 320 g/mol. The second kappa shape index (κ2) is 6.59. The largest absolute Gasteiger partial charge is 0.326 e. The molecule has 3 aliphatic rings. The van der Waals surface area contributed by atoms with Crippen molar-refractivity contribution in [2.45, 2.75) is 45.1 Å². The first-order valence-electron chi connectivity index (χ1n) is 8.40. The summed E-state index contributed by atoms with van der Waals surface area (Å²) >= 11 is 0. The fourth-order valence-corrected chi connectivity index (χ4v) is 4.63. The van der Waals surface area contributed by atoms with Crippen molar-refractivity contribution in [1.82, 2.24) is 5.32 Å². The van der Waals surface area contributed by atoms with Gasteiger partial charge in [0.25, 0.3) is 0 Å². The number of carbonyl (C=O) groups is 1. The molecular weight excluding hydrogens is 296 g/mol. The molecule has 1 aromatic carbocycles. The molecule has 1 amide bonds. The Balaban J connectivity index is 0.00000144. The molecule has 0 spiro atoms. The maximum Gasteiger partial charge on any atom is 0.224 e. The number of hydrogen-bond acceptors (Lipinski definition) is 2. The van der Waals surface area contributed by atoms with Crippen molar-refractivity contribution in [3.8, 4) is 0 Å². The topological polar surface area (TPSA) is 41.1 Å². The van der Waals surface area contributed by atoms with Crippen molar-refractivity contribution in [3.05, 3.63) is 29.3 Å². The fourth-order valence-electron chi connectivity index (χ4n) is 4.63. The van der Waals surface area contributed by atoms with Crippen LogP contribution in [0.25, 0.3) is 0 Å². The lowest BCUT2D eigenvalue weighted by atomic mass is 9.86. The number of anilines is 1. The summed E-state index contributed by atoms with van der Waals surface area (Å²) in [6, 6.07) is 6.37. The Morgan fingerprint density at radius 2 is 2.14 bits per heavy atom. The lowest BCUT2D eigenvalue weighted by Gasteiger charge is -2.21. The third-order valence-electron chi connectivity index (χ3n) is 5.71. The van der Waals surface area contributed by atoms with Gasteiger partial charge in [0.1, 0.15) is 0 Å². The van der Waals surface area contributed by atoms with Gasteiger partial charge in [-0.05, 0) is 73.2 Å². The molecule has 120 valence electrons. The minimum absolute atomic E-state index is 0. The van der Waals surface area contributed by atoms with Gasteiger partial charge in [0.15, 0.2) is 0 Å². The predicted octanol–water partition coefficient (Wildman–Crippen LogP) is 3.52. The van der Waals surface area contributed by atoms with Crippen LogP contribution in [0.1, 0.15) is 43.2 Å². The first kappa shape index (κ1) is 15.8. The quantitative estimate of drug-likeness (QED) is 0.894. The molecule has 2 fully saturated rings. The average molecular weight is 321 g/mol. The summed E-state index contributed by atoms with van der Waals surface area (Å²) < 4.78 is 0. The Bertz CT molecular complexity index is 560. The summed E-state index contributed by atoms with van der Waals surface area (Å²) in [4.78, 5) is 12.3. The summed E-state index contributed by atoms with van der Waals surface area (Å²) in [5.74, 6) is 2.59. The van der Waals surface area contributed by atoms with E-state index in [9.17, 15) is 4.79 Å². The molecule has 22 heavy (non-hydrogen) atoms. The number of nitrogens with one attached hydrogen (secondary N) is 2. The van der Waals surface area contributed by atoms with Crippen LogP contribution >= 0.6 is 12.4 Å². The van der Waals surface area contributed by atoms with Gasteiger partial charge < -0.3 is 10.6 Å². The van der Waals surface area contributed by atoms with E-state index in [4.69, 9.17) is 0 Å². The molecule has 3 atom stereocenters. The fraction of sp³-hybridized carbons (Fsp3) is 0.611. The SMILES string of the molecule is Cl.O=C(CC1CC2CCC1C2)Nc1ccc2c(c1)CNCC2. The van der Waals surface area contributed by atoms with Gasteiger partial charge in [-0.25, -0.2) is 0 Å². The molecule has 2 bridgehead atoms. The van der Waals surface area contributed by atoms with Crippen LogP contribution in [0.5, 0.6) is 0 Å². The summed E-state index contributed by atoms with van der Waals surface area (Å²) in [7, 11) is 0. The van der Waals surface area contributed by atoms with E-state index >= 15 is 0 Å². The molecule has 3 nitrogen and oxygen atoms in total. The normalized spacial score (nSPS) is 28.8. The zero-order valence-electron chi connectivity index (χ0n) is 12.9. The molecule has 3 unspecified atom stereocenters. The van der Waals surface area contributed by atoms with E-state index in [-0.39, 0.29) is 18.3 Å². The molecule has 0 saturated heterocycles. The number of fused-ring (bicyclic) bond motifs is 3. The van der Waals surface area contributed by atoms with Crippen LogP contribution < -0.4 is 10.6 Å². The van der Waals surface area contributed by atoms with E-state index in [0.29, 0.717) is 5.92 Å². The second-order valence-electron chi connectivity index (χ2n) is 7.10. The molecule has 2 saturated carbocycles. The predicted molar refractivity (Wildman–Crippen MR) is 91.3 cm³/mol. The minimum Gasteiger partial charge on any atom is -0.326 e. The van der Waals surface area contributed by atoms with Crippen LogP contribution in [0.4, 0.5) is 5.69 Å². The first-order valence-corrected chi connectivity index (χ1v) is 8.40. The van der Waals surface area contributed by atoms with E-state index in [1.165, 1.54) is 36.8 Å². The van der Waals surface area contributed by atoms with Gasteiger partial charge in [-0.3, -0.25) is 4.79 Å². The van der Waals surface area contributed by atoms with Gasteiger partial charge in [0.05, 0.1) is 0 Å². The Kier molecular flexibility index (Phi) is 4.74. The molecule has 0 aromatic heterocycles. The molecule has 1 heterocycles. The van der Waals surface area contributed by atoms with Crippen molar-refractivity contribution >= 4 is 24.0 Å². The average Bonchev–Trinajstić information content (AvgIpc) is 3.09. The summed E-state index contributed by atoms with van der Waals surface area (Å²) in [5, 5.41) is 6.50. The summed E-state index contributed by atoms with van der Waals surface area (Å²) in [5.41, 5.74) is 3.71. The maximum absolute atomic E-state index is 12.3. The van der Waals surface area contributed by atoms with Gasteiger partial charge in [0, 0.05) is 18.7 Å². The minimum atomic E-state index is 0. The highest BCUT2D eigenvalue weighted by atomic mass is 35.5. The van der Waals surface area contributed by atoms with Gasteiger partial charge in [-0.2, -0.15) is 0 Å². The van der Waals surface area contributed by atoms with Crippen LogP contribution in [0.15, 0.2) is 18.2 Å². The number of benzene rings is 1. The molecule has 1 aliphatic heterocycles. The highest BCUT2D eigenvalue weighted by molar-refractivity contribution is 5.91. The van der Waals surface area contributed by atoms with Crippen molar-refractivity contribution < 1.29 is 4.79 Å². The van der Waals surface area contributed by atoms with Gasteiger partial charge in [-0.15, -0.1) is 12.4 Å². The van der Waals surface area contributed by atoms with Gasteiger partial charge >= 0.3 is 0 Å². The smallest absolute Gasteiger partial charge is 0.224 e. The highest BCUT2D eigenvalue weighted by Crippen LogP contribution is 2.49. The Hall–Kier alpha value is -1.06. The van der Waals surface area contributed by atoms with Crippen LogP contribution in [0.2, 0.25) is 0 Å². The van der Waals surface area contributed by atoms with E-state index < -0.39 is 0 Å². The molecule has 1 aromatic rings. The molecule has 2 aliphatic carbocycles. The van der Waals surface area contributed by atoms with E-state index in [1.807, 2.05) is 0 Å². The van der Waals surface area contributed by atoms with Gasteiger partial charge in [0.2, 0.25) is 5.91 Å². The second-order valence-corrected chi connectivity index (χ2v) is 7.10. The van der Waals surface area contributed by atoms with Crippen LogP contribution in [0.3, 0.4) is 0 Å². The number of hydrogen-bond donors (Lipinski definition) is 2. The van der Waals surface area contributed by atoms with E-state index in [0.717, 1.165) is 43.5 Å². The lowest BCUT2D eigenvalue weighted by Crippen LogP contribution is -2.24. The Labute approximate surface area is 138 Å². The maximum atomic E-state index is 12.3. The third-order valence-corrected chi connectivity index (χ3v) is 5.71. The standard InChI is InChI=1S/C18H24N2O.ClH/c21-18(10-15-8-12-1-2-14(15)7-12)20-17-4-3-13-5-6-19-11-16(13)9-17;/h3-4,9,12,14-15,19H,1-2,5-8,10-11H2,(H,20,21);1H. The number of rotatable bonds is 3. The molecule has 4 heteroatoms. The van der Waals surface area contributed by atoms with E-state index in [2.05, 4.69) is 28.8 Å². The van der Waals surface area contributed by atoms with E-state index in [1.54, 1.807) is 0 Å². The van der Waals surface area contributed by atoms with Crippen LogP contribution in [-0.4, -0.2) is 12.5 Å². The van der Waals surface area contributed by atoms with Gasteiger partial charge in [-0.1, -0.05) is 12.5 Å². The highest BCUT2D eigenvalue weighted by Gasteiger charge is 2.40. The zero-order valence-corrected chi connectivity index (χ0v) is 13.8. The third kappa shape index (κ3) is 3.16. The Morgan fingerprint density at radius 3 is 2.91 bits per heavy atom. The Morgan fingerprint density at radius 1 is 1.23 bits per heavy atom. The molecule has 4 rings (SSSR count). The summed E-state index contributed by atoms with van der Waals surface area (Å²) in [6.07, 6.45) is 7.23. The van der Waals surface area contributed by atoms with Crippen LogP contribution in [-0.2, 0) is 17.8 Å². The first-order chi connectivity index (χ1) is 10.3. The van der Waals surface area contributed by atoms with Crippen LogP contribution in [0, 0.1) is 17.8 Å². The molecule has 2 N–H and O–H groups in total.